The number of amides is 1. The molecule has 7 nitrogen and oxygen atoms in total. The van der Waals surface area contributed by atoms with Crippen molar-refractivity contribution in [3.05, 3.63) is 29.0 Å². The zero-order valence-electron chi connectivity index (χ0n) is 13.4. The Morgan fingerprint density at radius 3 is 2.58 bits per heavy atom. The number of aliphatic carboxylic acids is 1. The summed E-state index contributed by atoms with van der Waals surface area (Å²) in [5.74, 6) is -1.78. The summed E-state index contributed by atoms with van der Waals surface area (Å²) in [6.45, 7) is 3.20. The first kappa shape index (κ1) is 17.8. The number of pyridine rings is 1. The Hall–Kier alpha value is -2.54. The van der Waals surface area contributed by atoms with E-state index in [0.717, 1.165) is 4.90 Å². The minimum Gasteiger partial charge on any atom is -0.505 e. The van der Waals surface area contributed by atoms with Gasteiger partial charge in [-0.15, -0.1) is 0 Å². The largest absolute Gasteiger partial charge is 0.505 e. The third-order valence-electron chi connectivity index (χ3n) is 3.20. The van der Waals surface area contributed by atoms with Crippen LogP contribution in [-0.2, 0) is 4.79 Å². The van der Waals surface area contributed by atoms with E-state index in [1.807, 2.05) is 13.8 Å². The lowest BCUT2D eigenvalue weighted by Gasteiger charge is -2.16. The van der Waals surface area contributed by atoms with Crippen molar-refractivity contribution < 1.29 is 24.5 Å². The van der Waals surface area contributed by atoms with Gasteiger partial charge in [-0.1, -0.05) is 11.6 Å². The quantitative estimate of drug-likeness (QED) is 0.802. The fourth-order valence-electron chi connectivity index (χ4n) is 2.19. The lowest BCUT2D eigenvalue weighted by molar-refractivity contribution is -0.137. The minimum absolute atomic E-state index is 0.0333. The number of carboxylic acids is 1. The lowest BCUT2D eigenvalue weighted by Crippen LogP contribution is -2.32. The van der Waals surface area contributed by atoms with Crippen LogP contribution in [0.4, 0.5) is 0 Å². The fourth-order valence-corrected chi connectivity index (χ4v) is 2.44. The molecule has 24 heavy (non-hydrogen) atoms. The molecule has 0 aliphatic carbocycles. The number of fused-ring (bicyclic) bond motifs is 1. The topological polar surface area (TPSA) is 100.0 Å². The van der Waals surface area contributed by atoms with Crippen LogP contribution in [-0.4, -0.2) is 51.7 Å². The van der Waals surface area contributed by atoms with Gasteiger partial charge in [-0.25, -0.2) is 4.98 Å². The molecule has 0 bridgehead atoms. The number of rotatable bonds is 5. The van der Waals surface area contributed by atoms with Gasteiger partial charge in [0, 0.05) is 17.8 Å². The first-order valence-electron chi connectivity index (χ1n) is 7.16. The van der Waals surface area contributed by atoms with E-state index in [4.69, 9.17) is 21.4 Å². The number of ether oxygens (including phenoxy) is 1. The average molecular weight is 353 g/mol. The first-order chi connectivity index (χ1) is 11.2. The van der Waals surface area contributed by atoms with Gasteiger partial charge in [0.1, 0.15) is 17.4 Å². The molecule has 0 saturated carbocycles. The maximum absolute atomic E-state index is 12.3. The van der Waals surface area contributed by atoms with E-state index in [0.29, 0.717) is 16.5 Å². The van der Waals surface area contributed by atoms with Gasteiger partial charge in [-0.3, -0.25) is 9.59 Å². The maximum atomic E-state index is 12.3. The smallest absolute Gasteiger partial charge is 0.323 e. The molecule has 8 heteroatoms. The van der Waals surface area contributed by atoms with Crippen LogP contribution in [0.25, 0.3) is 10.8 Å². The van der Waals surface area contributed by atoms with Gasteiger partial charge in [-0.05, 0) is 32.0 Å². The molecule has 0 aliphatic heterocycles. The van der Waals surface area contributed by atoms with Gasteiger partial charge >= 0.3 is 5.97 Å². The molecular weight excluding hydrogens is 336 g/mol. The standard InChI is InChI=1S/C16H17ClN2O5/c1-8(2)24-9-4-5-10-11(6-9)14(22)13(18-15(10)17)16(23)19(3)7-12(20)21/h4-6,8,22H,7H2,1-3H3,(H,20,21). The van der Waals surface area contributed by atoms with Crippen molar-refractivity contribution in [2.75, 3.05) is 13.6 Å². The summed E-state index contributed by atoms with van der Waals surface area (Å²) >= 11 is 6.10. The first-order valence-corrected chi connectivity index (χ1v) is 7.54. The second kappa shape index (κ2) is 6.92. The summed E-state index contributed by atoms with van der Waals surface area (Å²) in [5.41, 5.74) is -0.307. The molecule has 0 unspecified atom stereocenters. The van der Waals surface area contributed by atoms with Gasteiger partial charge in [-0.2, -0.15) is 0 Å². The summed E-state index contributed by atoms with van der Waals surface area (Å²) in [6.07, 6.45) is -0.0651. The molecule has 2 rings (SSSR count). The lowest BCUT2D eigenvalue weighted by atomic mass is 10.1. The van der Waals surface area contributed by atoms with Crippen LogP contribution in [0.2, 0.25) is 5.15 Å². The number of hydrogen-bond acceptors (Lipinski definition) is 5. The molecule has 1 aromatic carbocycles. The highest BCUT2D eigenvalue weighted by atomic mass is 35.5. The molecule has 2 aromatic rings. The van der Waals surface area contributed by atoms with Crippen LogP contribution in [0.1, 0.15) is 24.3 Å². The number of aromatic nitrogens is 1. The van der Waals surface area contributed by atoms with Crippen LogP contribution in [0.3, 0.4) is 0 Å². The van der Waals surface area contributed by atoms with Gasteiger partial charge in [0.15, 0.2) is 11.4 Å². The Morgan fingerprint density at radius 1 is 1.33 bits per heavy atom. The van der Waals surface area contributed by atoms with Crippen LogP contribution < -0.4 is 4.74 Å². The highest BCUT2D eigenvalue weighted by molar-refractivity contribution is 6.35. The van der Waals surface area contributed by atoms with Crippen molar-refractivity contribution in [3.63, 3.8) is 0 Å². The zero-order chi connectivity index (χ0) is 18.0. The Kier molecular flexibility index (Phi) is 5.14. The third kappa shape index (κ3) is 3.68. The number of carboxylic acid groups (broad SMARTS) is 1. The second-order valence-corrected chi connectivity index (χ2v) is 5.89. The van der Waals surface area contributed by atoms with Gasteiger partial charge in [0.05, 0.1) is 6.10 Å². The van der Waals surface area contributed by atoms with Crippen LogP contribution >= 0.6 is 11.6 Å². The van der Waals surface area contributed by atoms with Gasteiger partial charge in [0.2, 0.25) is 0 Å². The monoisotopic (exact) mass is 352 g/mol. The second-order valence-electron chi connectivity index (χ2n) is 5.53. The Bertz CT molecular complexity index is 807. The molecule has 0 spiro atoms. The molecule has 1 amide bonds. The highest BCUT2D eigenvalue weighted by Crippen LogP contribution is 2.35. The highest BCUT2D eigenvalue weighted by Gasteiger charge is 2.23. The van der Waals surface area contributed by atoms with Crippen molar-refractivity contribution >= 4 is 34.2 Å². The Labute approximate surface area is 143 Å². The molecule has 128 valence electrons. The number of halogens is 1. The summed E-state index contributed by atoms with van der Waals surface area (Å²) in [4.78, 5) is 27.9. The van der Waals surface area contributed by atoms with Crippen molar-refractivity contribution in [2.45, 2.75) is 20.0 Å². The number of aromatic hydroxyl groups is 1. The molecule has 1 heterocycles. The van der Waals surface area contributed by atoms with E-state index in [2.05, 4.69) is 4.98 Å². The average Bonchev–Trinajstić information content (AvgIpc) is 2.48. The Morgan fingerprint density at radius 2 is 2.00 bits per heavy atom. The van der Waals surface area contributed by atoms with Gasteiger partial charge < -0.3 is 19.8 Å². The minimum atomic E-state index is -1.18. The normalized spacial score (nSPS) is 10.9. The van der Waals surface area contributed by atoms with E-state index in [9.17, 15) is 14.7 Å². The van der Waals surface area contributed by atoms with Crippen LogP contribution in [0.5, 0.6) is 11.5 Å². The molecule has 0 fully saturated rings. The molecule has 2 N–H and O–H groups in total. The molecule has 0 saturated heterocycles. The molecule has 0 aliphatic rings. The summed E-state index contributed by atoms with van der Waals surface area (Å²) < 4.78 is 5.57. The molecular formula is C16H17ClN2O5. The van der Waals surface area contributed by atoms with E-state index in [1.165, 1.54) is 7.05 Å². The van der Waals surface area contributed by atoms with Crippen LogP contribution in [0, 0.1) is 0 Å². The molecule has 0 atom stereocenters. The van der Waals surface area contributed by atoms with E-state index >= 15 is 0 Å². The van der Waals surface area contributed by atoms with Crippen molar-refractivity contribution in [2.24, 2.45) is 0 Å². The maximum Gasteiger partial charge on any atom is 0.323 e. The number of benzene rings is 1. The number of carbonyl (C=O) groups is 2. The van der Waals surface area contributed by atoms with E-state index in [1.54, 1.807) is 18.2 Å². The Balaban J connectivity index is 2.53. The number of hydrogen-bond donors (Lipinski definition) is 2. The van der Waals surface area contributed by atoms with Crippen molar-refractivity contribution in [1.82, 2.24) is 9.88 Å². The molecule has 0 radical (unpaired) electrons. The van der Waals surface area contributed by atoms with Crippen molar-refractivity contribution in [3.8, 4) is 11.5 Å². The van der Waals surface area contributed by atoms with E-state index < -0.39 is 18.4 Å². The van der Waals surface area contributed by atoms with Gasteiger partial charge in [0.25, 0.3) is 5.91 Å². The summed E-state index contributed by atoms with van der Waals surface area (Å²) in [5, 5.41) is 20.0. The van der Waals surface area contributed by atoms with Crippen LogP contribution in [0.15, 0.2) is 18.2 Å². The third-order valence-corrected chi connectivity index (χ3v) is 3.48. The zero-order valence-corrected chi connectivity index (χ0v) is 14.2. The number of nitrogens with zero attached hydrogens (tertiary/aromatic N) is 2. The number of carbonyl (C=O) groups excluding carboxylic acids is 1. The fraction of sp³-hybridized carbons (Fsp3) is 0.312. The summed E-state index contributed by atoms with van der Waals surface area (Å²) in [6, 6.07) is 4.89. The van der Waals surface area contributed by atoms with E-state index in [-0.39, 0.29) is 22.7 Å². The summed E-state index contributed by atoms with van der Waals surface area (Å²) in [7, 11) is 1.30. The predicted molar refractivity (Wildman–Crippen MR) is 88.8 cm³/mol. The SMILES string of the molecule is CC(C)Oc1ccc2c(Cl)nc(C(=O)N(C)CC(=O)O)c(O)c2c1. The predicted octanol–water partition coefficient (Wildman–Crippen LogP) is 2.54. The molecule has 1 aromatic heterocycles. The number of likely N-dealkylation sites (N-methyl/N-ethyl adjacent to an activating group) is 1. The van der Waals surface area contributed by atoms with Crippen molar-refractivity contribution in [1.29, 1.82) is 0 Å².